The van der Waals surface area contributed by atoms with Crippen LogP contribution in [0.2, 0.25) is 0 Å². The lowest BCUT2D eigenvalue weighted by molar-refractivity contribution is 0.121. The zero-order valence-electron chi connectivity index (χ0n) is 17.1. The summed E-state index contributed by atoms with van der Waals surface area (Å²) in [5.74, 6) is 0.694. The molecule has 2 aromatic carbocycles. The first-order chi connectivity index (χ1) is 15.0. The molecule has 160 valence electrons. The highest BCUT2D eigenvalue weighted by Gasteiger charge is 2.24. The van der Waals surface area contributed by atoms with E-state index >= 15 is 0 Å². The summed E-state index contributed by atoms with van der Waals surface area (Å²) in [4.78, 5) is 6.39. The number of sulfonamides is 1. The van der Waals surface area contributed by atoms with Crippen LogP contribution in [-0.2, 0) is 21.3 Å². The predicted octanol–water partition coefficient (Wildman–Crippen LogP) is 2.87. The maximum absolute atomic E-state index is 12.9. The van der Waals surface area contributed by atoms with Crippen LogP contribution in [0.25, 0.3) is 11.5 Å². The molecule has 0 unspecified atom stereocenters. The van der Waals surface area contributed by atoms with E-state index in [1.807, 2.05) is 35.2 Å². The lowest BCUT2D eigenvalue weighted by atomic mass is 10.2. The monoisotopic (exact) mass is 438 g/mol. The van der Waals surface area contributed by atoms with Gasteiger partial charge in [-0.15, -0.1) is 0 Å². The average molecular weight is 439 g/mol. The number of aromatic nitrogens is 1. The van der Waals surface area contributed by atoms with Crippen molar-refractivity contribution in [3.05, 3.63) is 65.9 Å². The molecular weight excluding hydrogens is 416 g/mol. The van der Waals surface area contributed by atoms with Crippen molar-refractivity contribution in [1.29, 1.82) is 5.26 Å². The SMILES string of the molecule is CN(Cc1ccccc1)S(=O)(=O)c1ccc(-c2nc(C#N)c(N3CCOCC3)o2)cc1. The van der Waals surface area contributed by atoms with Crippen LogP contribution in [0.5, 0.6) is 0 Å². The van der Waals surface area contributed by atoms with E-state index in [4.69, 9.17) is 9.15 Å². The molecular formula is C22H22N4O4S. The van der Waals surface area contributed by atoms with Gasteiger partial charge in [-0.1, -0.05) is 30.3 Å². The fourth-order valence-electron chi connectivity index (χ4n) is 3.36. The van der Waals surface area contributed by atoms with Gasteiger partial charge in [0.25, 0.3) is 0 Å². The van der Waals surface area contributed by atoms with Crippen LogP contribution in [0.4, 0.5) is 5.88 Å². The summed E-state index contributed by atoms with van der Waals surface area (Å²) in [5.41, 5.74) is 1.71. The lowest BCUT2D eigenvalue weighted by Crippen LogP contribution is -2.36. The molecule has 3 aromatic rings. The fourth-order valence-corrected chi connectivity index (χ4v) is 4.52. The van der Waals surface area contributed by atoms with Crippen LogP contribution in [-0.4, -0.2) is 51.1 Å². The van der Waals surface area contributed by atoms with Crippen molar-refractivity contribution in [2.75, 3.05) is 38.3 Å². The highest BCUT2D eigenvalue weighted by atomic mass is 32.2. The van der Waals surface area contributed by atoms with E-state index in [0.29, 0.717) is 37.8 Å². The van der Waals surface area contributed by atoms with Crippen LogP contribution < -0.4 is 4.90 Å². The van der Waals surface area contributed by atoms with Gasteiger partial charge in [0.05, 0.1) is 18.1 Å². The zero-order valence-corrected chi connectivity index (χ0v) is 17.9. The molecule has 1 fully saturated rings. The van der Waals surface area contributed by atoms with Gasteiger partial charge in [-0.25, -0.2) is 8.42 Å². The fraction of sp³-hybridized carbons (Fsp3) is 0.273. The minimum absolute atomic E-state index is 0.176. The Hall–Kier alpha value is -3.19. The molecule has 1 aliphatic rings. The third-order valence-electron chi connectivity index (χ3n) is 5.07. The number of rotatable bonds is 6. The molecule has 0 bridgehead atoms. The van der Waals surface area contributed by atoms with Crippen LogP contribution in [0.1, 0.15) is 11.3 Å². The third kappa shape index (κ3) is 4.46. The second-order valence-electron chi connectivity index (χ2n) is 7.16. The molecule has 1 aliphatic heterocycles. The molecule has 0 atom stereocenters. The Morgan fingerprint density at radius 3 is 2.42 bits per heavy atom. The number of hydrogen-bond acceptors (Lipinski definition) is 7. The number of nitriles is 1. The van der Waals surface area contributed by atoms with E-state index in [1.165, 1.54) is 16.4 Å². The molecule has 0 saturated carbocycles. The number of ether oxygens (including phenoxy) is 1. The number of nitrogens with zero attached hydrogens (tertiary/aromatic N) is 4. The number of anilines is 1. The third-order valence-corrected chi connectivity index (χ3v) is 6.89. The Bertz CT molecular complexity index is 1180. The summed E-state index contributed by atoms with van der Waals surface area (Å²) in [6.45, 7) is 2.63. The van der Waals surface area contributed by atoms with E-state index < -0.39 is 10.0 Å². The van der Waals surface area contributed by atoms with Crippen molar-refractivity contribution in [3.8, 4) is 17.5 Å². The van der Waals surface area contributed by atoms with Crippen molar-refractivity contribution in [3.63, 3.8) is 0 Å². The van der Waals surface area contributed by atoms with Gasteiger partial charge in [-0.2, -0.15) is 14.6 Å². The Morgan fingerprint density at radius 1 is 1.10 bits per heavy atom. The molecule has 2 heterocycles. The average Bonchev–Trinajstić information content (AvgIpc) is 3.25. The van der Waals surface area contributed by atoms with Crippen molar-refractivity contribution < 1.29 is 17.6 Å². The van der Waals surface area contributed by atoms with Crippen LogP contribution in [0.15, 0.2) is 63.9 Å². The highest BCUT2D eigenvalue weighted by molar-refractivity contribution is 7.89. The normalized spacial score (nSPS) is 14.5. The number of benzene rings is 2. The van der Waals surface area contributed by atoms with E-state index in [1.54, 1.807) is 19.2 Å². The Kier molecular flexibility index (Phi) is 6.04. The molecule has 1 saturated heterocycles. The van der Waals surface area contributed by atoms with Gasteiger partial charge in [0, 0.05) is 32.2 Å². The largest absolute Gasteiger partial charge is 0.419 e. The molecule has 8 nitrogen and oxygen atoms in total. The zero-order chi connectivity index (χ0) is 21.8. The Balaban J connectivity index is 1.55. The molecule has 31 heavy (non-hydrogen) atoms. The van der Waals surface area contributed by atoms with Gasteiger partial charge < -0.3 is 14.1 Å². The Labute approximate surface area is 181 Å². The second-order valence-corrected chi connectivity index (χ2v) is 9.20. The maximum Gasteiger partial charge on any atom is 0.243 e. The van der Waals surface area contributed by atoms with Gasteiger partial charge in [0.2, 0.25) is 27.5 Å². The van der Waals surface area contributed by atoms with Crippen LogP contribution in [0.3, 0.4) is 0 Å². The minimum atomic E-state index is -3.65. The van der Waals surface area contributed by atoms with Gasteiger partial charge >= 0.3 is 0 Å². The van der Waals surface area contributed by atoms with E-state index in [-0.39, 0.29) is 23.0 Å². The Morgan fingerprint density at radius 2 is 1.77 bits per heavy atom. The number of morpholine rings is 1. The predicted molar refractivity (Wildman–Crippen MR) is 115 cm³/mol. The quantitative estimate of drug-likeness (QED) is 0.583. The van der Waals surface area contributed by atoms with Crippen LogP contribution in [0, 0.1) is 11.3 Å². The van der Waals surface area contributed by atoms with Crippen molar-refractivity contribution >= 4 is 15.9 Å². The first-order valence-corrected chi connectivity index (χ1v) is 11.3. The lowest BCUT2D eigenvalue weighted by Gasteiger charge is -2.25. The second kappa shape index (κ2) is 8.89. The van der Waals surface area contributed by atoms with Crippen molar-refractivity contribution in [2.24, 2.45) is 0 Å². The number of oxazole rings is 1. The summed E-state index contributed by atoms with van der Waals surface area (Å²) in [6, 6.07) is 17.8. The smallest absolute Gasteiger partial charge is 0.243 e. The summed E-state index contributed by atoms with van der Waals surface area (Å²) in [7, 11) is -2.10. The molecule has 0 amide bonds. The van der Waals surface area contributed by atoms with Crippen molar-refractivity contribution in [2.45, 2.75) is 11.4 Å². The molecule has 0 N–H and O–H groups in total. The molecule has 0 radical (unpaired) electrons. The van der Waals surface area contributed by atoms with Gasteiger partial charge in [0.15, 0.2) is 0 Å². The van der Waals surface area contributed by atoms with Gasteiger partial charge in [-0.05, 0) is 29.8 Å². The van der Waals surface area contributed by atoms with Gasteiger partial charge in [0.1, 0.15) is 6.07 Å². The topological polar surface area (TPSA) is 99.7 Å². The van der Waals surface area contributed by atoms with Crippen LogP contribution >= 0.6 is 0 Å². The molecule has 1 aromatic heterocycles. The summed E-state index contributed by atoms with van der Waals surface area (Å²) in [6.07, 6.45) is 0. The summed E-state index contributed by atoms with van der Waals surface area (Å²) < 4.78 is 38.4. The van der Waals surface area contributed by atoms with E-state index in [9.17, 15) is 13.7 Å². The molecule has 9 heteroatoms. The molecule has 4 rings (SSSR count). The number of hydrogen-bond donors (Lipinski definition) is 0. The maximum atomic E-state index is 12.9. The minimum Gasteiger partial charge on any atom is -0.419 e. The first-order valence-electron chi connectivity index (χ1n) is 9.83. The van der Waals surface area contributed by atoms with E-state index in [2.05, 4.69) is 11.1 Å². The first kappa shape index (κ1) is 21.1. The molecule has 0 spiro atoms. The van der Waals surface area contributed by atoms with E-state index in [0.717, 1.165) is 5.56 Å². The summed E-state index contributed by atoms with van der Waals surface area (Å²) in [5, 5.41) is 9.43. The van der Waals surface area contributed by atoms with Gasteiger partial charge in [-0.3, -0.25) is 0 Å². The summed E-state index contributed by atoms with van der Waals surface area (Å²) >= 11 is 0. The standard InChI is InChI=1S/C22H22N4O4S/c1-25(16-17-5-3-2-4-6-17)31(27,28)19-9-7-18(8-10-19)21-24-20(15-23)22(30-21)26-11-13-29-14-12-26/h2-10H,11-14,16H2,1H3. The highest BCUT2D eigenvalue weighted by Crippen LogP contribution is 2.29. The molecule has 0 aliphatic carbocycles. The van der Waals surface area contributed by atoms with Crippen molar-refractivity contribution in [1.82, 2.24) is 9.29 Å².